The molecule has 1 aromatic carbocycles. The van der Waals surface area contributed by atoms with Crippen molar-refractivity contribution in [3.63, 3.8) is 0 Å². The van der Waals surface area contributed by atoms with Gasteiger partial charge in [0, 0.05) is 35.8 Å². The van der Waals surface area contributed by atoms with Gasteiger partial charge in [-0.1, -0.05) is 11.2 Å². The highest BCUT2D eigenvalue weighted by Gasteiger charge is 2.21. The maximum Gasteiger partial charge on any atom is 0.254 e. The molecule has 4 rings (SSSR count). The number of amides is 1. The van der Waals surface area contributed by atoms with Crippen LogP contribution in [0.2, 0.25) is 0 Å². The lowest BCUT2D eigenvalue weighted by molar-refractivity contribution is 0.0771. The van der Waals surface area contributed by atoms with Gasteiger partial charge in [-0.3, -0.25) is 4.79 Å². The lowest BCUT2D eigenvalue weighted by atomic mass is 10.1. The number of furan rings is 1. The van der Waals surface area contributed by atoms with Gasteiger partial charge in [0.15, 0.2) is 5.76 Å². The zero-order valence-corrected chi connectivity index (χ0v) is 15.8. The van der Waals surface area contributed by atoms with E-state index in [2.05, 4.69) is 15.5 Å². The summed E-state index contributed by atoms with van der Waals surface area (Å²) in [5, 5.41) is 7.20. The van der Waals surface area contributed by atoms with Gasteiger partial charge in [-0.15, -0.1) is 0 Å². The summed E-state index contributed by atoms with van der Waals surface area (Å²) in [6.07, 6.45) is 1.57. The number of rotatable bonds is 5. The Bertz CT molecular complexity index is 917. The summed E-state index contributed by atoms with van der Waals surface area (Å²) >= 11 is 1.89. The summed E-state index contributed by atoms with van der Waals surface area (Å²) in [5.41, 5.74) is 2.53. The highest BCUT2D eigenvalue weighted by molar-refractivity contribution is 7.99. The van der Waals surface area contributed by atoms with Crippen molar-refractivity contribution in [2.75, 3.05) is 29.9 Å². The Morgan fingerprint density at radius 2 is 2.11 bits per heavy atom. The number of thioether (sulfide) groups is 1. The van der Waals surface area contributed by atoms with Crippen LogP contribution in [-0.2, 0) is 6.54 Å². The summed E-state index contributed by atoms with van der Waals surface area (Å²) in [5.74, 6) is 3.52. The summed E-state index contributed by atoms with van der Waals surface area (Å²) < 4.78 is 10.5. The second-order valence-electron chi connectivity index (χ2n) is 6.23. The topological polar surface area (TPSA) is 84.4 Å². The van der Waals surface area contributed by atoms with Gasteiger partial charge in [0.25, 0.3) is 5.91 Å². The molecule has 0 spiro atoms. The first kappa shape index (κ1) is 17.7. The van der Waals surface area contributed by atoms with E-state index in [9.17, 15) is 4.79 Å². The molecule has 0 saturated carbocycles. The van der Waals surface area contributed by atoms with Crippen molar-refractivity contribution in [3.05, 3.63) is 53.6 Å². The average Bonchev–Trinajstić information content (AvgIpc) is 3.39. The van der Waals surface area contributed by atoms with Crippen LogP contribution in [0.25, 0.3) is 11.6 Å². The Morgan fingerprint density at radius 1 is 1.26 bits per heavy atom. The minimum absolute atomic E-state index is 0.0920. The fraction of sp³-hybridized carbons (Fsp3) is 0.316. The maximum absolute atomic E-state index is 12.8. The SMILES string of the molecule is Cc1c(NCc2nc(-c3ccco3)no2)cccc1C(=O)N1CCSCC1. The van der Waals surface area contributed by atoms with Gasteiger partial charge in [0.05, 0.1) is 12.8 Å². The molecule has 8 heteroatoms. The Kier molecular flexibility index (Phi) is 5.15. The fourth-order valence-electron chi connectivity index (χ4n) is 3.00. The van der Waals surface area contributed by atoms with Crippen molar-refractivity contribution in [2.45, 2.75) is 13.5 Å². The zero-order chi connectivity index (χ0) is 18.6. The van der Waals surface area contributed by atoms with Crippen LogP contribution in [0.3, 0.4) is 0 Å². The number of hydrogen-bond acceptors (Lipinski definition) is 7. The molecular formula is C19H20N4O3S. The molecular weight excluding hydrogens is 364 g/mol. The molecule has 1 amide bonds. The van der Waals surface area contributed by atoms with Gasteiger partial charge < -0.3 is 19.2 Å². The Morgan fingerprint density at radius 3 is 2.89 bits per heavy atom. The fourth-order valence-corrected chi connectivity index (χ4v) is 3.90. The standard InChI is InChI=1S/C19H20N4O3S/c1-13-14(19(24)23-7-10-27-11-8-23)4-2-5-15(13)20-12-17-21-18(22-26-17)16-6-3-9-25-16/h2-6,9,20H,7-8,10-12H2,1H3. The minimum Gasteiger partial charge on any atom is -0.461 e. The lowest BCUT2D eigenvalue weighted by Gasteiger charge is -2.27. The van der Waals surface area contributed by atoms with Crippen LogP contribution < -0.4 is 5.32 Å². The number of anilines is 1. The van der Waals surface area contributed by atoms with E-state index in [1.807, 2.05) is 41.8 Å². The van der Waals surface area contributed by atoms with Crippen molar-refractivity contribution in [1.29, 1.82) is 0 Å². The van der Waals surface area contributed by atoms with Gasteiger partial charge in [0.2, 0.25) is 11.7 Å². The van der Waals surface area contributed by atoms with E-state index in [0.29, 0.717) is 24.0 Å². The second-order valence-corrected chi connectivity index (χ2v) is 7.45. The molecule has 1 saturated heterocycles. The van der Waals surface area contributed by atoms with Crippen LogP contribution in [0.1, 0.15) is 21.8 Å². The van der Waals surface area contributed by atoms with Crippen LogP contribution in [-0.4, -0.2) is 45.5 Å². The molecule has 7 nitrogen and oxygen atoms in total. The number of nitrogens with one attached hydrogen (secondary N) is 1. The van der Waals surface area contributed by atoms with Crippen molar-refractivity contribution in [2.24, 2.45) is 0 Å². The summed E-state index contributed by atoms with van der Waals surface area (Å²) in [6, 6.07) is 9.27. The predicted octanol–water partition coefficient (Wildman–Crippen LogP) is 3.44. The molecule has 1 fully saturated rings. The third-order valence-electron chi connectivity index (χ3n) is 4.50. The summed E-state index contributed by atoms with van der Waals surface area (Å²) in [6.45, 7) is 3.93. The zero-order valence-electron chi connectivity index (χ0n) is 15.0. The van der Waals surface area contributed by atoms with Gasteiger partial charge in [-0.25, -0.2) is 0 Å². The Balaban J connectivity index is 1.46. The lowest BCUT2D eigenvalue weighted by Crippen LogP contribution is -2.38. The normalized spacial score (nSPS) is 14.3. The highest BCUT2D eigenvalue weighted by atomic mass is 32.2. The summed E-state index contributed by atoms with van der Waals surface area (Å²) in [7, 11) is 0. The highest BCUT2D eigenvalue weighted by Crippen LogP contribution is 2.23. The largest absolute Gasteiger partial charge is 0.461 e. The third-order valence-corrected chi connectivity index (χ3v) is 5.44. The molecule has 0 unspecified atom stereocenters. The van der Waals surface area contributed by atoms with Crippen LogP contribution in [0.4, 0.5) is 5.69 Å². The number of aromatic nitrogens is 2. The molecule has 0 radical (unpaired) electrons. The van der Waals surface area contributed by atoms with Crippen molar-refractivity contribution >= 4 is 23.4 Å². The van der Waals surface area contributed by atoms with Gasteiger partial charge in [0.1, 0.15) is 0 Å². The monoisotopic (exact) mass is 384 g/mol. The molecule has 3 heterocycles. The predicted molar refractivity (Wildman–Crippen MR) is 104 cm³/mol. The molecule has 1 N–H and O–H groups in total. The smallest absolute Gasteiger partial charge is 0.254 e. The molecule has 1 aliphatic rings. The van der Waals surface area contributed by atoms with E-state index in [4.69, 9.17) is 8.94 Å². The van der Waals surface area contributed by atoms with Crippen molar-refractivity contribution in [1.82, 2.24) is 15.0 Å². The first-order chi connectivity index (χ1) is 13.2. The molecule has 2 aromatic heterocycles. The van der Waals surface area contributed by atoms with Gasteiger partial charge in [-0.2, -0.15) is 16.7 Å². The average molecular weight is 384 g/mol. The number of carbonyl (C=O) groups is 1. The maximum atomic E-state index is 12.8. The van der Waals surface area contributed by atoms with Crippen LogP contribution in [0, 0.1) is 6.92 Å². The second kappa shape index (κ2) is 7.87. The molecule has 140 valence electrons. The van der Waals surface area contributed by atoms with Crippen molar-refractivity contribution < 1.29 is 13.7 Å². The van der Waals surface area contributed by atoms with Crippen LogP contribution in [0.5, 0.6) is 0 Å². The van der Waals surface area contributed by atoms with E-state index < -0.39 is 0 Å². The Labute approximate surface area is 161 Å². The third kappa shape index (κ3) is 3.85. The number of nitrogens with zero attached hydrogens (tertiary/aromatic N) is 3. The minimum atomic E-state index is 0.0920. The molecule has 0 aliphatic carbocycles. The molecule has 27 heavy (non-hydrogen) atoms. The molecule has 1 aliphatic heterocycles. The van der Waals surface area contributed by atoms with Crippen LogP contribution >= 0.6 is 11.8 Å². The van der Waals surface area contributed by atoms with E-state index in [1.165, 1.54) is 0 Å². The van der Waals surface area contributed by atoms with Gasteiger partial charge >= 0.3 is 0 Å². The number of benzene rings is 1. The van der Waals surface area contributed by atoms with Gasteiger partial charge in [-0.05, 0) is 36.8 Å². The number of carbonyl (C=O) groups excluding carboxylic acids is 1. The first-order valence-electron chi connectivity index (χ1n) is 8.79. The van der Waals surface area contributed by atoms with E-state index in [-0.39, 0.29) is 5.91 Å². The van der Waals surface area contributed by atoms with Crippen LogP contribution in [0.15, 0.2) is 45.5 Å². The van der Waals surface area contributed by atoms with E-state index >= 15 is 0 Å². The summed E-state index contributed by atoms with van der Waals surface area (Å²) in [4.78, 5) is 19.1. The number of hydrogen-bond donors (Lipinski definition) is 1. The first-order valence-corrected chi connectivity index (χ1v) is 9.95. The van der Waals surface area contributed by atoms with E-state index in [1.54, 1.807) is 18.4 Å². The van der Waals surface area contributed by atoms with Crippen molar-refractivity contribution in [3.8, 4) is 11.6 Å². The molecule has 0 atom stereocenters. The quantitative estimate of drug-likeness (QED) is 0.721. The molecule has 0 bridgehead atoms. The molecule has 3 aromatic rings. The van der Waals surface area contributed by atoms with E-state index in [0.717, 1.165) is 41.4 Å². The Hall–Kier alpha value is -2.74.